The van der Waals surface area contributed by atoms with Gasteiger partial charge in [0.05, 0.1) is 5.69 Å². The first-order chi connectivity index (χ1) is 6.90. The van der Waals surface area contributed by atoms with Crippen molar-refractivity contribution in [1.82, 2.24) is 4.98 Å². The highest BCUT2D eigenvalue weighted by atomic mass is 79.9. The number of pyridine rings is 1. The van der Waals surface area contributed by atoms with Gasteiger partial charge >= 0.3 is 5.97 Å². The van der Waals surface area contributed by atoms with Gasteiger partial charge in [-0.3, -0.25) is 4.79 Å². The molecule has 1 atom stereocenters. The van der Waals surface area contributed by atoms with Gasteiger partial charge in [0.15, 0.2) is 0 Å². The van der Waals surface area contributed by atoms with E-state index in [9.17, 15) is 9.90 Å². The quantitative estimate of drug-likeness (QED) is 0.840. The lowest BCUT2D eigenvalue weighted by Gasteiger charge is -2.14. The van der Waals surface area contributed by atoms with Crippen molar-refractivity contribution in [3.63, 3.8) is 0 Å². The van der Waals surface area contributed by atoms with Crippen LogP contribution in [0.25, 0.3) is 0 Å². The minimum absolute atomic E-state index is 0.202. The van der Waals surface area contributed by atoms with Crippen LogP contribution in [0.1, 0.15) is 26.0 Å². The largest absolute Gasteiger partial charge is 0.481 e. The van der Waals surface area contributed by atoms with Gasteiger partial charge in [-0.25, -0.2) is 4.98 Å². The Morgan fingerprint density at radius 1 is 1.53 bits per heavy atom. The molecule has 1 heterocycles. The van der Waals surface area contributed by atoms with Gasteiger partial charge in [-0.1, -0.05) is 19.9 Å². The number of hydrogen-bond donors (Lipinski definition) is 1. The molecular weight excluding hydrogens is 258 g/mol. The van der Waals surface area contributed by atoms with Crippen molar-refractivity contribution >= 4 is 21.9 Å². The molecule has 80 valence electrons. The lowest BCUT2D eigenvalue weighted by atomic mass is 9.92. The molecule has 1 aliphatic rings. The van der Waals surface area contributed by atoms with Gasteiger partial charge in [0, 0.05) is 0 Å². The van der Waals surface area contributed by atoms with E-state index in [0.29, 0.717) is 16.7 Å². The molecule has 4 heteroatoms. The van der Waals surface area contributed by atoms with E-state index in [0.717, 1.165) is 0 Å². The van der Waals surface area contributed by atoms with Gasteiger partial charge < -0.3 is 5.11 Å². The van der Waals surface area contributed by atoms with E-state index in [1.165, 1.54) is 0 Å². The minimum atomic E-state index is -0.795. The minimum Gasteiger partial charge on any atom is -0.481 e. The van der Waals surface area contributed by atoms with Crippen molar-refractivity contribution in [3.05, 3.63) is 28.5 Å². The van der Waals surface area contributed by atoms with Gasteiger partial charge in [-0.2, -0.15) is 0 Å². The highest BCUT2D eigenvalue weighted by molar-refractivity contribution is 9.10. The zero-order valence-corrected chi connectivity index (χ0v) is 10.2. The maximum Gasteiger partial charge on any atom is 0.316 e. The lowest BCUT2D eigenvalue weighted by Crippen LogP contribution is -2.26. The molecular formula is C11H12BrNO2. The number of carboxylic acids is 1. The maximum atomic E-state index is 11.4. The zero-order valence-electron chi connectivity index (χ0n) is 8.62. The van der Waals surface area contributed by atoms with Crippen molar-refractivity contribution < 1.29 is 9.90 Å². The summed E-state index contributed by atoms with van der Waals surface area (Å²) in [6.07, 6.45) is 0.652. The van der Waals surface area contributed by atoms with Crippen LogP contribution in [0.5, 0.6) is 0 Å². The normalized spacial score (nSPS) is 27.4. The molecule has 1 unspecified atom stereocenters. The van der Waals surface area contributed by atoms with Crippen LogP contribution in [0, 0.1) is 5.41 Å². The van der Waals surface area contributed by atoms with Crippen LogP contribution in [0.15, 0.2) is 22.8 Å². The maximum absolute atomic E-state index is 11.4. The standard InChI is InChI=1S/C11H12BrNO2/c1-10(2)6-11(10,9(14)15)7-4-3-5-8(12)13-7/h3-5H,6H2,1-2H3,(H,14,15). The van der Waals surface area contributed by atoms with Gasteiger partial charge in [0.1, 0.15) is 10.0 Å². The van der Waals surface area contributed by atoms with Gasteiger partial charge in [0.2, 0.25) is 0 Å². The van der Waals surface area contributed by atoms with E-state index in [2.05, 4.69) is 20.9 Å². The molecule has 0 spiro atoms. The number of hydrogen-bond acceptors (Lipinski definition) is 2. The molecule has 1 fully saturated rings. The average Bonchev–Trinajstić information content (AvgIpc) is 2.71. The third-order valence-corrected chi connectivity index (χ3v) is 3.70. The van der Waals surface area contributed by atoms with Crippen LogP contribution >= 0.6 is 15.9 Å². The van der Waals surface area contributed by atoms with Gasteiger partial charge in [0.25, 0.3) is 0 Å². The molecule has 0 aromatic carbocycles. The topological polar surface area (TPSA) is 50.2 Å². The Hall–Kier alpha value is -0.900. The first kappa shape index (κ1) is 10.6. The molecule has 2 rings (SSSR count). The van der Waals surface area contributed by atoms with Crippen LogP contribution in [0.2, 0.25) is 0 Å². The van der Waals surface area contributed by atoms with E-state index in [1.54, 1.807) is 12.1 Å². The summed E-state index contributed by atoms with van der Waals surface area (Å²) >= 11 is 3.27. The number of aromatic nitrogens is 1. The Bertz CT molecular complexity index is 430. The van der Waals surface area contributed by atoms with E-state index in [-0.39, 0.29) is 5.41 Å². The van der Waals surface area contributed by atoms with Crippen molar-refractivity contribution in [2.24, 2.45) is 5.41 Å². The monoisotopic (exact) mass is 269 g/mol. The predicted molar refractivity (Wildman–Crippen MR) is 59.6 cm³/mol. The Kier molecular flexibility index (Phi) is 2.15. The van der Waals surface area contributed by atoms with Gasteiger partial charge in [-0.05, 0) is 39.9 Å². The summed E-state index contributed by atoms with van der Waals surface area (Å²) in [7, 11) is 0. The highest BCUT2D eigenvalue weighted by Gasteiger charge is 2.68. The fourth-order valence-electron chi connectivity index (χ4n) is 2.18. The SMILES string of the molecule is CC1(C)CC1(C(=O)O)c1cccc(Br)n1. The molecule has 0 saturated heterocycles. The summed E-state index contributed by atoms with van der Waals surface area (Å²) in [6, 6.07) is 5.41. The second kappa shape index (κ2) is 3.04. The number of nitrogens with zero attached hydrogens (tertiary/aromatic N) is 1. The summed E-state index contributed by atoms with van der Waals surface area (Å²) in [5.74, 6) is -0.780. The molecule has 1 N–H and O–H groups in total. The number of carbonyl (C=O) groups is 1. The van der Waals surface area contributed by atoms with E-state index in [4.69, 9.17) is 0 Å². The first-order valence-electron chi connectivity index (χ1n) is 4.77. The molecule has 0 aliphatic heterocycles. The van der Waals surface area contributed by atoms with Crippen molar-refractivity contribution in [1.29, 1.82) is 0 Å². The molecule has 1 aliphatic carbocycles. The van der Waals surface area contributed by atoms with Gasteiger partial charge in [-0.15, -0.1) is 0 Å². The molecule has 1 saturated carbocycles. The molecule has 1 aromatic rings. The predicted octanol–water partition coefficient (Wildman–Crippen LogP) is 2.60. The zero-order chi connectivity index (χ0) is 11.3. The second-order valence-electron chi connectivity index (χ2n) is 4.62. The lowest BCUT2D eigenvalue weighted by molar-refractivity contribution is -0.141. The summed E-state index contributed by atoms with van der Waals surface area (Å²) in [6.45, 7) is 3.92. The second-order valence-corrected chi connectivity index (χ2v) is 5.43. The summed E-state index contributed by atoms with van der Waals surface area (Å²) in [5.41, 5.74) is -0.349. The van der Waals surface area contributed by atoms with E-state index >= 15 is 0 Å². The van der Waals surface area contributed by atoms with Crippen molar-refractivity contribution in [2.45, 2.75) is 25.7 Å². The Morgan fingerprint density at radius 3 is 2.53 bits per heavy atom. The Balaban J connectivity index is 2.50. The molecule has 3 nitrogen and oxygen atoms in total. The molecule has 0 bridgehead atoms. The molecule has 1 aromatic heterocycles. The Labute approximate surface area is 96.7 Å². The fraction of sp³-hybridized carbons (Fsp3) is 0.455. The molecule has 15 heavy (non-hydrogen) atoms. The summed E-state index contributed by atoms with van der Waals surface area (Å²) < 4.78 is 0.684. The number of carboxylic acid groups (broad SMARTS) is 1. The highest BCUT2D eigenvalue weighted by Crippen LogP contribution is 2.63. The fourth-order valence-corrected chi connectivity index (χ4v) is 2.52. The van der Waals surface area contributed by atoms with E-state index < -0.39 is 11.4 Å². The summed E-state index contributed by atoms with van der Waals surface area (Å²) in [4.78, 5) is 15.6. The average molecular weight is 270 g/mol. The van der Waals surface area contributed by atoms with Crippen LogP contribution in [-0.2, 0) is 10.2 Å². The van der Waals surface area contributed by atoms with Crippen LogP contribution in [0.4, 0.5) is 0 Å². The molecule has 0 radical (unpaired) electrons. The third kappa shape index (κ3) is 1.39. The molecule has 0 amide bonds. The van der Waals surface area contributed by atoms with Crippen LogP contribution in [-0.4, -0.2) is 16.1 Å². The smallest absolute Gasteiger partial charge is 0.316 e. The number of aliphatic carboxylic acids is 1. The number of rotatable bonds is 2. The number of halogens is 1. The van der Waals surface area contributed by atoms with Crippen LogP contribution in [0.3, 0.4) is 0 Å². The van der Waals surface area contributed by atoms with Crippen molar-refractivity contribution in [2.75, 3.05) is 0 Å². The van der Waals surface area contributed by atoms with Crippen LogP contribution < -0.4 is 0 Å². The third-order valence-electron chi connectivity index (χ3n) is 3.25. The van der Waals surface area contributed by atoms with Crippen molar-refractivity contribution in [3.8, 4) is 0 Å². The Morgan fingerprint density at radius 2 is 2.13 bits per heavy atom. The van der Waals surface area contributed by atoms with E-state index in [1.807, 2.05) is 19.9 Å². The first-order valence-corrected chi connectivity index (χ1v) is 5.56. The summed E-state index contributed by atoms with van der Waals surface area (Å²) in [5, 5.41) is 9.33.